The Morgan fingerprint density at radius 3 is 2.57 bits per heavy atom. The lowest BCUT2D eigenvalue weighted by Crippen LogP contribution is -2.43. The number of hydrogen-bond donors (Lipinski definition) is 1. The minimum absolute atomic E-state index is 0.0102. The molecule has 0 aromatic heterocycles. The molecule has 8 heteroatoms. The predicted octanol–water partition coefficient (Wildman–Crippen LogP) is 5.89. The summed E-state index contributed by atoms with van der Waals surface area (Å²) in [5.74, 6) is 0.128. The molecule has 3 aromatic rings. The lowest BCUT2D eigenvalue weighted by atomic mass is 9.78. The molecule has 3 aromatic carbocycles. The van der Waals surface area contributed by atoms with Crippen LogP contribution in [-0.4, -0.2) is 26.3 Å². The second-order valence-electron chi connectivity index (χ2n) is 10.1. The number of anilines is 1. The van der Waals surface area contributed by atoms with Crippen molar-refractivity contribution in [2.75, 3.05) is 4.90 Å². The second kappa shape index (κ2) is 9.95. The smallest absolute Gasteiger partial charge is 0.259 e. The topological polar surface area (TPSA) is 83.6 Å². The van der Waals surface area contributed by atoms with Gasteiger partial charge in [0.05, 0.1) is 27.6 Å². The van der Waals surface area contributed by atoms with Gasteiger partial charge in [-0.1, -0.05) is 62.6 Å². The summed E-state index contributed by atoms with van der Waals surface area (Å²) in [4.78, 5) is 28.5. The van der Waals surface area contributed by atoms with Crippen molar-refractivity contribution in [3.8, 4) is 0 Å². The van der Waals surface area contributed by atoms with E-state index in [1.165, 1.54) is 35.2 Å². The van der Waals surface area contributed by atoms with E-state index in [2.05, 4.69) is 19.2 Å². The summed E-state index contributed by atoms with van der Waals surface area (Å²) in [6, 6.07) is 17.8. The molecule has 1 aliphatic carbocycles. The Labute approximate surface area is 222 Å². The van der Waals surface area contributed by atoms with Gasteiger partial charge >= 0.3 is 0 Å². The van der Waals surface area contributed by atoms with Crippen molar-refractivity contribution in [3.63, 3.8) is 0 Å². The van der Waals surface area contributed by atoms with Crippen LogP contribution < -0.4 is 10.2 Å². The molecule has 2 amide bonds. The van der Waals surface area contributed by atoms with Crippen LogP contribution in [0, 0.1) is 11.8 Å². The van der Waals surface area contributed by atoms with E-state index in [9.17, 15) is 18.0 Å². The van der Waals surface area contributed by atoms with Crippen molar-refractivity contribution < 1.29 is 18.0 Å². The van der Waals surface area contributed by atoms with Crippen LogP contribution in [0.5, 0.6) is 0 Å². The molecule has 1 saturated carbocycles. The molecule has 3 atom stereocenters. The SMILES string of the molecule is C[C@H]1[C@H](C)CCC[C@@H]1NC(=O)c1ccc2c(c1)N(Cc1cccc(Cl)c1)C(=O)c1ccccc1S2(=O)=O. The molecule has 192 valence electrons. The number of fused-ring (bicyclic) bond motifs is 2. The third kappa shape index (κ3) is 4.78. The molecule has 2 aliphatic rings. The highest BCUT2D eigenvalue weighted by molar-refractivity contribution is 7.91. The van der Waals surface area contributed by atoms with Crippen molar-refractivity contribution >= 4 is 38.9 Å². The van der Waals surface area contributed by atoms with Gasteiger partial charge in [0, 0.05) is 16.6 Å². The minimum Gasteiger partial charge on any atom is -0.349 e. The number of amides is 2. The van der Waals surface area contributed by atoms with Gasteiger partial charge in [0.2, 0.25) is 9.84 Å². The molecule has 0 unspecified atom stereocenters. The second-order valence-corrected chi connectivity index (χ2v) is 12.4. The van der Waals surface area contributed by atoms with Gasteiger partial charge in [0.15, 0.2) is 0 Å². The van der Waals surface area contributed by atoms with Gasteiger partial charge in [-0.15, -0.1) is 0 Å². The number of benzene rings is 3. The first-order chi connectivity index (χ1) is 17.7. The monoisotopic (exact) mass is 536 g/mol. The third-order valence-electron chi connectivity index (χ3n) is 7.71. The number of carbonyl (C=O) groups excluding carboxylic acids is 2. The van der Waals surface area contributed by atoms with Crippen LogP contribution in [0.15, 0.2) is 76.5 Å². The van der Waals surface area contributed by atoms with E-state index in [0.717, 1.165) is 24.8 Å². The zero-order valence-corrected chi connectivity index (χ0v) is 22.4. The zero-order chi connectivity index (χ0) is 26.3. The molecule has 1 fully saturated rings. The highest BCUT2D eigenvalue weighted by Crippen LogP contribution is 2.38. The summed E-state index contributed by atoms with van der Waals surface area (Å²) in [7, 11) is -4.01. The number of halogens is 1. The summed E-state index contributed by atoms with van der Waals surface area (Å²) in [6.45, 7) is 4.45. The van der Waals surface area contributed by atoms with E-state index in [0.29, 0.717) is 22.4 Å². The number of carbonyl (C=O) groups is 2. The van der Waals surface area contributed by atoms with Gasteiger partial charge in [-0.25, -0.2) is 8.42 Å². The van der Waals surface area contributed by atoms with Gasteiger partial charge in [-0.05, 0) is 66.3 Å². The summed E-state index contributed by atoms with van der Waals surface area (Å²) in [5, 5.41) is 3.66. The van der Waals surface area contributed by atoms with Gasteiger partial charge in [-0.3, -0.25) is 9.59 Å². The van der Waals surface area contributed by atoms with Crippen molar-refractivity contribution in [1.82, 2.24) is 5.32 Å². The van der Waals surface area contributed by atoms with Crippen LogP contribution in [0.2, 0.25) is 5.02 Å². The Morgan fingerprint density at radius 1 is 1.00 bits per heavy atom. The fraction of sp³-hybridized carbons (Fsp3) is 0.310. The number of nitrogens with one attached hydrogen (secondary N) is 1. The van der Waals surface area contributed by atoms with Crippen LogP contribution in [0.25, 0.3) is 0 Å². The third-order valence-corrected chi connectivity index (χ3v) is 9.80. The van der Waals surface area contributed by atoms with Crippen LogP contribution in [0.4, 0.5) is 5.69 Å². The predicted molar refractivity (Wildman–Crippen MR) is 144 cm³/mol. The normalized spacial score (nSPS) is 22.5. The Hall–Kier alpha value is -3.16. The average Bonchev–Trinajstić information content (AvgIpc) is 2.95. The van der Waals surface area contributed by atoms with Crippen LogP contribution >= 0.6 is 11.6 Å². The number of rotatable bonds is 4. The highest BCUT2D eigenvalue weighted by Gasteiger charge is 2.36. The summed E-state index contributed by atoms with van der Waals surface area (Å²) < 4.78 is 27.4. The first-order valence-corrected chi connectivity index (χ1v) is 14.4. The molecule has 0 radical (unpaired) electrons. The van der Waals surface area contributed by atoms with Crippen molar-refractivity contribution in [2.24, 2.45) is 11.8 Å². The molecule has 1 aliphatic heterocycles. The Morgan fingerprint density at radius 2 is 1.78 bits per heavy atom. The summed E-state index contributed by atoms with van der Waals surface area (Å²) >= 11 is 6.19. The van der Waals surface area contributed by atoms with E-state index < -0.39 is 15.7 Å². The fourth-order valence-electron chi connectivity index (χ4n) is 5.36. The van der Waals surface area contributed by atoms with E-state index in [1.54, 1.807) is 30.3 Å². The van der Waals surface area contributed by atoms with Gasteiger partial charge in [0.25, 0.3) is 11.8 Å². The van der Waals surface area contributed by atoms with E-state index in [1.807, 2.05) is 6.07 Å². The van der Waals surface area contributed by atoms with Crippen molar-refractivity contribution in [2.45, 2.75) is 55.5 Å². The molecule has 5 rings (SSSR count). The van der Waals surface area contributed by atoms with Crippen molar-refractivity contribution in [3.05, 3.63) is 88.4 Å². The van der Waals surface area contributed by atoms with Crippen molar-refractivity contribution in [1.29, 1.82) is 0 Å². The molecule has 0 saturated heterocycles. The number of sulfone groups is 1. The maximum absolute atomic E-state index is 13.8. The first kappa shape index (κ1) is 25.5. The van der Waals surface area contributed by atoms with Crippen LogP contribution in [0.3, 0.4) is 0 Å². The van der Waals surface area contributed by atoms with E-state index in [-0.39, 0.29) is 39.5 Å². The summed E-state index contributed by atoms with van der Waals surface area (Å²) in [6.07, 6.45) is 3.11. The highest BCUT2D eigenvalue weighted by atomic mass is 35.5. The lowest BCUT2D eigenvalue weighted by Gasteiger charge is -2.34. The average molecular weight is 537 g/mol. The molecule has 0 bridgehead atoms. The Kier molecular flexibility index (Phi) is 6.86. The standard InChI is InChI=1S/C29H29ClN2O4S/c1-18-7-5-11-24(19(18)2)31-28(33)21-13-14-27-25(16-21)32(17-20-8-6-9-22(30)15-20)29(34)23-10-3-4-12-26(23)37(27,35)36/h3-4,6,8-10,12-16,18-19,24H,5,7,11,17H2,1-2H3,(H,31,33)/t18-,19+,24+/m1/s1. The summed E-state index contributed by atoms with van der Waals surface area (Å²) in [5.41, 5.74) is 1.33. The van der Waals surface area contributed by atoms with Crippen LogP contribution in [-0.2, 0) is 16.4 Å². The molecule has 37 heavy (non-hydrogen) atoms. The molecule has 0 spiro atoms. The van der Waals surface area contributed by atoms with Gasteiger partial charge < -0.3 is 10.2 Å². The maximum atomic E-state index is 13.8. The number of nitrogens with zero attached hydrogens (tertiary/aromatic N) is 1. The van der Waals surface area contributed by atoms with E-state index >= 15 is 0 Å². The molecule has 6 nitrogen and oxygen atoms in total. The van der Waals surface area contributed by atoms with E-state index in [4.69, 9.17) is 11.6 Å². The Bertz CT molecular complexity index is 1490. The largest absolute Gasteiger partial charge is 0.349 e. The number of hydrogen-bond acceptors (Lipinski definition) is 4. The zero-order valence-electron chi connectivity index (χ0n) is 20.8. The minimum atomic E-state index is -4.01. The Balaban J connectivity index is 1.60. The molecule has 1 heterocycles. The van der Waals surface area contributed by atoms with Gasteiger partial charge in [-0.2, -0.15) is 0 Å². The van der Waals surface area contributed by atoms with Crippen LogP contribution in [0.1, 0.15) is 59.4 Å². The molecular formula is C29H29ClN2O4S. The quantitative estimate of drug-likeness (QED) is 0.451. The molecular weight excluding hydrogens is 508 g/mol. The van der Waals surface area contributed by atoms with Gasteiger partial charge in [0.1, 0.15) is 0 Å². The molecule has 1 N–H and O–H groups in total. The first-order valence-electron chi connectivity index (χ1n) is 12.5. The lowest BCUT2D eigenvalue weighted by molar-refractivity contribution is 0.0889. The maximum Gasteiger partial charge on any atom is 0.259 e. The fourth-order valence-corrected chi connectivity index (χ4v) is 7.20.